The van der Waals surface area contributed by atoms with Crippen LogP contribution in [0, 0.1) is 0 Å². The minimum Gasteiger partial charge on any atom is -0.497 e. The van der Waals surface area contributed by atoms with Gasteiger partial charge in [0.2, 0.25) is 0 Å². The Kier molecular flexibility index (Phi) is 3.99. The van der Waals surface area contributed by atoms with Crippen LogP contribution < -0.4 is 10.2 Å². The van der Waals surface area contributed by atoms with Crippen LogP contribution >= 0.6 is 0 Å². The van der Waals surface area contributed by atoms with Crippen LogP contribution in [0.4, 0.5) is 0 Å². The monoisotopic (exact) mass is 310 g/mol. The number of hydrogen-bond acceptors (Lipinski definition) is 3. The predicted molar refractivity (Wildman–Crippen MR) is 94.1 cm³/mol. The van der Waals surface area contributed by atoms with E-state index < -0.39 is 0 Å². The second-order valence-electron chi connectivity index (χ2n) is 6.94. The lowest BCUT2D eigenvalue weighted by Gasteiger charge is -2.32. The summed E-state index contributed by atoms with van der Waals surface area (Å²) >= 11 is 0. The van der Waals surface area contributed by atoms with E-state index in [1.807, 2.05) is 18.2 Å². The molecule has 1 aliphatic heterocycles. The van der Waals surface area contributed by atoms with Gasteiger partial charge in [-0.05, 0) is 56.4 Å². The highest BCUT2D eigenvalue weighted by Crippen LogP contribution is 2.36. The number of benzene rings is 2. The molecule has 1 fully saturated rings. The molecule has 1 heterocycles. The van der Waals surface area contributed by atoms with Crippen LogP contribution in [0.2, 0.25) is 0 Å². The van der Waals surface area contributed by atoms with Crippen molar-refractivity contribution in [2.75, 3.05) is 7.11 Å². The number of hydrogen-bond donors (Lipinski definition) is 0. The van der Waals surface area contributed by atoms with E-state index in [1.165, 1.54) is 0 Å². The molecular formula is C19H23BO3. The largest absolute Gasteiger partial charge is 0.497 e. The third kappa shape index (κ3) is 3.01. The highest BCUT2D eigenvalue weighted by Gasteiger charge is 2.51. The van der Waals surface area contributed by atoms with E-state index in [0.29, 0.717) is 0 Å². The zero-order valence-electron chi connectivity index (χ0n) is 14.4. The first-order chi connectivity index (χ1) is 10.8. The fourth-order valence-electron chi connectivity index (χ4n) is 2.61. The molecule has 3 rings (SSSR count). The van der Waals surface area contributed by atoms with E-state index in [4.69, 9.17) is 14.0 Å². The van der Waals surface area contributed by atoms with Crippen molar-refractivity contribution in [1.29, 1.82) is 0 Å². The van der Waals surface area contributed by atoms with Crippen molar-refractivity contribution in [3.63, 3.8) is 0 Å². The average Bonchev–Trinajstić information content (AvgIpc) is 2.76. The average molecular weight is 310 g/mol. The van der Waals surface area contributed by atoms with Crippen molar-refractivity contribution in [2.24, 2.45) is 0 Å². The molecule has 2 aromatic carbocycles. The first kappa shape index (κ1) is 16.1. The molecule has 4 heteroatoms. The first-order valence-electron chi connectivity index (χ1n) is 7.92. The molecule has 2 aromatic rings. The summed E-state index contributed by atoms with van der Waals surface area (Å²) in [4.78, 5) is 0. The summed E-state index contributed by atoms with van der Waals surface area (Å²) in [7, 11) is 1.36. The summed E-state index contributed by atoms with van der Waals surface area (Å²) in [6.45, 7) is 8.27. The van der Waals surface area contributed by atoms with Gasteiger partial charge in [0.05, 0.1) is 18.3 Å². The Labute approximate surface area is 138 Å². The summed E-state index contributed by atoms with van der Waals surface area (Å²) in [6.07, 6.45) is 0. The van der Waals surface area contributed by atoms with Crippen LogP contribution in [-0.2, 0) is 9.31 Å². The second-order valence-corrected chi connectivity index (χ2v) is 6.94. The molecule has 0 radical (unpaired) electrons. The van der Waals surface area contributed by atoms with Gasteiger partial charge in [-0.25, -0.2) is 0 Å². The Bertz CT molecular complexity index is 676. The molecule has 3 nitrogen and oxygen atoms in total. The van der Waals surface area contributed by atoms with E-state index in [0.717, 1.165) is 22.3 Å². The van der Waals surface area contributed by atoms with Crippen LogP contribution in [-0.4, -0.2) is 25.4 Å². The molecule has 0 amide bonds. The number of methoxy groups -OCH3 is 1. The Balaban J connectivity index is 1.83. The lowest BCUT2D eigenvalue weighted by Crippen LogP contribution is -2.41. The second kappa shape index (κ2) is 5.70. The summed E-state index contributed by atoms with van der Waals surface area (Å²) in [5.41, 5.74) is 2.68. The Hall–Kier alpha value is -1.78. The summed E-state index contributed by atoms with van der Waals surface area (Å²) in [6, 6.07) is 16.4. The van der Waals surface area contributed by atoms with Crippen molar-refractivity contribution >= 4 is 12.6 Å². The van der Waals surface area contributed by atoms with Crippen molar-refractivity contribution < 1.29 is 14.0 Å². The zero-order chi connectivity index (χ0) is 16.7. The SMILES string of the molecule is COc1cccc(-c2ccc(B3OC(C)(C)C(C)(C)O3)cc2)c1. The van der Waals surface area contributed by atoms with Gasteiger partial charge in [0.1, 0.15) is 5.75 Å². The van der Waals surface area contributed by atoms with Crippen molar-refractivity contribution in [2.45, 2.75) is 38.9 Å². The van der Waals surface area contributed by atoms with Crippen LogP contribution in [0.15, 0.2) is 48.5 Å². The summed E-state index contributed by atoms with van der Waals surface area (Å²) in [5.74, 6) is 0.859. The minimum atomic E-state index is -0.320. The first-order valence-corrected chi connectivity index (χ1v) is 7.92. The maximum absolute atomic E-state index is 6.09. The molecule has 0 spiro atoms. The smallest absolute Gasteiger partial charge is 0.494 e. The van der Waals surface area contributed by atoms with Gasteiger partial charge in [-0.15, -0.1) is 0 Å². The van der Waals surface area contributed by atoms with Gasteiger partial charge < -0.3 is 14.0 Å². The van der Waals surface area contributed by atoms with E-state index in [-0.39, 0.29) is 18.3 Å². The molecule has 0 atom stereocenters. The predicted octanol–water partition coefficient (Wildman–Crippen LogP) is 3.66. The van der Waals surface area contributed by atoms with Crippen molar-refractivity contribution in [3.8, 4) is 16.9 Å². The van der Waals surface area contributed by atoms with E-state index in [1.54, 1.807) is 7.11 Å². The minimum absolute atomic E-state index is 0.316. The molecular weight excluding hydrogens is 287 g/mol. The fourth-order valence-corrected chi connectivity index (χ4v) is 2.61. The molecule has 0 aliphatic carbocycles. The Morgan fingerprint density at radius 3 is 2.00 bits per heavy atom. The molecule has 0 bridgehead atoms. The molecule has 0 N–H and O–H groups in total. The van der Waals surface area contributed by atoms with Crippen molar-refractivity contribution in [3.05, 3.63) is 48.5 Å². The zero-order valence-corrected chi connectivity index (χ0v) is 14.4. The fraction of sp³-hybridized carbons (Fsp3) is 0.368. The molecule has 120 valence electrons. The molecule has 1 aliphatic rings. The van der Waals surface area contributed by atoms with Gasteiger partial charge >= 0.3 is 7.12 Å². The van der Waals surface area contributed by atoms with Crippen LogP contribution in [0.5, 0.6) is 5.75 Å². The van der Waals surface area contributed by atoms with Gasteiger partial charge in [0.15, 0.2) is 0 Å². The Morgan fingerprint density at radius 2 is 1.43 bits per heavy atom. The summed E-state index contributed by atoms with van der Waals surface area (Å²) < 4.78 is 17.5. The maximum atomic E-state index is 6.09. The molecule has 1 saturated heterocycles. The highest BCUT2D eigenvalue weighted by molar-refractivity contribution is 6.62. The lowest BCUT2D eigenvalue weighted by atomic mass is 9.78. The van der Waals surface area contributed by atoms with Gasteiger partial charge in [0.25, 0.3) is 0 Å². The van der Waals surface area contributed by atoms with Gasteiger partial charge in [-0.1, -0.05) is 36.4 Å². The Morgan fingerprint density at radius 1 is 0.826 bits per heavy atom. The summed E-state index contributed by atoms with van der Waals surface area (Å²) in [5, 5.41) is 0. The number of rotatable bonds is 3. The molecule has 0 aromatic heterocycles. The topological polar surface area (TPSA) is 27.7 Å². The molecule has 23 heavy (non-hydrogen) atoms. The molecule has 0 unspecified atom stereocenters. The van der Waals surface area contributed by atoms with Crippen LogP contribution in [0.25, 0.3) is 11.1 Å². The van der Waals surface area contributed by atoms with Crippen molar-refractivity contribution in [1.82, 2.24) is 0 Å². The normalized spacial score (nSPS) is 18.9. The third-order valence-corrected chi connectivity index (χ3v) is 4.84. The van der Waals surface area contributed by atoms with E-state index >= 15 is 0 Å². The highest BCUT2D eigenvalue weighted by atomic mass is 16.7. The standard InChI is InChI=1S/C19H23BO3/c1-18(2)19(3,4)23-20(22-18)16-11-9-14(10-12-16)15-7-6-8-17(13-15)21-5/h6-13H,1-5H3. The van der Waals surface area contributed by atoms with E-state index in [9.17, 15) is 0 Å². The number of ether oxygens (including phenoxy) is 1. The van der Waals surface area contributed by atoms with E-state index in [2.05, 4.69) is 58.0 Å². The molecule has 0 saturated carbocycles. The quantitative estimate of drug-likeness (QED) is 0.810. The lowest BCUT2D eigenvalue weighted by molar-refractivity contribution is 0.00578. The third-order valence-electron chi connectivity index (χ3n) is 4.84. The van der Waals surface area contributed by atoms with Crippen LogP contribution in [0.3, 0.4) is 0 Å². The van der Waals surface area contributed by atoms with Crippen LogP contribution in [0.1, 0.15) is 27.7 Å². The maximum Gasteiger partial charge on any atom is 0.494 e. The van der Waals surface area contributed by atoms with Gasteiger partial charge in [0, 0.05) is 0 Å². The van der Waals surface area contributed by atoms with Gasteiger partial charge in [-0.3, -0.25) is 0 Å². The van der Waals surface area contributed by atoms with Gasteiger partial charge in [-0.2, -0.15) is 0 Å².